The zero-order valence-corrected chi connectivity index (χ0v) is 16.9. The van der Waals surface area contributed by atoms with Crippen LogP contribution in [0.4, 0.5) is 5.69 Å². The van der Waals surface area contributed by atoms with Crippen molar-refractivity contribution in [1.29, 1.82) is 0 Å². The molecule has 0 aliphatic carbocycles. The summed E-state index contributed by atoms with van der Waals surface area (Å²) in [5.74, 6) is -0.278. The molecule has 1 N–H and O–H groups in total. The fraction of sp³-hybridized carbons (Fsp3) is 0.588. The van der Waals surface area contributed by atoms with E-state index in [4.69, 9.17) is 4.42 Å². The van der Waals surface area contributed by atoms with Crippen LogP contribution in [0, 0.1) is 0 Å². The average Bonchev–Trinajstić information content (AvgIpc) is 2.78. The first-order valence-corrected chi connectivity index (χ1v) is 8.14. The van der Waals surface area contributed by atoms with Crippen molar-refractivity contribution in [1.82, 2.24) is 14.8 Å². The third kappa shape index (κ3) is 4.91. The third-order valence-corrected chi connectivity index (χ3v) is 4.36. The molecular formula is C17H28Cl2N4O2. The van der Waals surface area contributed by atoms with E-state index in [1.54, 1.807) is 4.57 Å². The van der Waals surface area contributed by atoms with Gasteiger partial charge in [0.05, 0.1) is 5.52 Å². The first-order valence-electron chi connectivity index (χ1n) is 8.14. The average molecular weight is 391 g/mol. The molecule has 2 heterocycles. The molecule has 0 bridgehead atoms. The van der Waals surface area contributed by atoms with Crippen LogP contribution in [0.5, 0.6) is 0 Å². The number of hydrogen-bond acceptors (Lipinski definition) is 5. The van der Waals surface area contributed by atoms with E-state index in [0.29, 0.717) is 12.1 Å². The van der Waals surface area contributed by atoms with Gasteiger partial charge in [-0.3, -0.25) is 4.57 Å². The number of nitrogens with one attached hydrogen (secondary N) is 1. The Labute approximate surface area is 161 Å². The maximum absolute atomic E-state index is 12.1. The standard InChI is InChI=1S/C17H26N4O2.2ClH/c1-17(2)12-20(8-7-18-17)13-5-6-14-15(11-13)23-16(22)21(14)10-9-19(3)4;;/h5-6,11,18H,7-10,12H2,1-4H3;2*1H. The number of oxazole rings is 1. The summed E-state index contributed by atoms with van der Waals surface area (Å²) in [5, 5.41) is 3.51. The summed E-state index contributed by atoms with van der Waals surface area (Å²) in [6.45, 7) is 8.70. The van der Waals surface area contributed by atoms with Crippen LogP contribution >= 0.6 is 24.8 Å². The third-order valence-electron chi connectivity index (χ3n) is 4.36. The fourth-order valence-corrected chi connectivity index (χ4v) is 3.13. The first-order chi connectivity index (χ1) is 10.9. The molecule has 1 fully saturated rings. The van der Waals surface area contributed by atoms with Crippen LogP contribution < -0.4 is 16.0 Å². The number of likely N-dealkylation sites (N-methyl/N-ethyl adjacent to an activating group) is 1. The molecule has 0 spiro atoms. The lowest BCUT2D eigenvalue weighted by molar-refractivity contribution is 0.353. The molecule has 25 heavy (non-hydrogen) atoms. The maximum atomic E-state index is 12.1. The molecule has 2 aromatic rings. The zero-order valence-electron chi connectivity index (χ0n) is 15.2. The second-order valence-corrected chi connectivity index (χ2v) is 7.21. The van der Waals surface area contributed by atoms with Crippen LogP contribution in [-0.4, -0.2) is 55.3 Å². The minimum absolute atomic E-state index is 0. The quantitative estimate of drug-likeness (QED) is 0.866. The monoisotopic (exact) mass is 390 g/mol. The van der Waals surface area contributed by atoms with Crippen molar-refractivity contribution < 1.29 is 4.42 Å². The van der Waals surface area contributed by atoms with Crippen molar-refractivity contribution in [3.05, 3.63) is 28.7 Å². The highest BCUT2D eigenvalue weighted by Crippen LogP contribution is 2.24. The molecule has 0 amide bonds. The van der Waals surface area contributed by atoms with E-state index in [1.165, 1.54) is 0 Å². The van der Waals surface area contributed by atoms with Crippen LogP contribution in [0.3, 0.4) is 0 Å². The first kappa shape index (κ1) is 21.8. The highest BCUT2D eigenvalue weighted by molar-refractivity contribution is 5.85. The maximum Gasteiger partial charge on any atom is 0.419 e. The van der Waals surface area contributed by atoms with Crippen LogP contribution in [0.2, 0.25) is 0 Å². The van der Waals surface area contributed by atoms with Crippen molar-refractivity contribution in [2.45, 2.75) is 25.9 Å². The van der Waals surface area contributed by atoms with Crippen LogP contribution in [0.25, 0.3) is 11.1 Å². The molecule has 1 aliphatic rings. The van der Waals surface area contributed by atoms with Gasteiger partial charge in [-0.25, -0.2) is 4.79 Å². The Hall–Kier alpha value is -1.21. The van der Waals surface area contributed by atoms with Gasteiger partial charge in [-0.2, -0.15) is 0 Å². The minimum Gasteiger partial charge on any atom is -0.408 e. The normalized spacial score (nSPS) is 16.6. The number of piperazine rings is 1. The lowest BCUT2D eigenvalue weighted by Gasteiger charge is -2.40. The van der Waals surface area contributed by atoms with E-state index >= 15 is 0 Å². The molecule has 3 rings (SSSR count). The summed E-state index contributed by atoms with van der Waals surface area (Å²) >= 11 is 0. The summed E-state index contributed by atoms with van der Waals surface area (Å²) in [5.41, 5.74) is 2.74. The number of benzene rings is 1. The van der Waals surface area contributed by atoms with E-state index < -0.39 is 0 Å². The molecule has 1 aromatic heterocycles. The minimum atomic E-state index is -0.278. The Morgan fingerprint density at radius 2 is 2.00 bits per heavy atom. The lowest BCUT2D eigenvalue weighted by atomic mass is 10.0. The van der Waals surface area contributed by atoms with Gasteiger partial charge in [-0.05, 0) is 40.1 Å². The van der Waals surface area contributed by atoms with Gasteiger partial charge in [0.25, 0.3) is 0 Å². The predicted molar refractivity (Wildman–Crippen MR) is 108 cm³/mol. The second-order valence-electron chi connectivity index (χ2n) is 7.21. The summed E-state index contributed by atoms with van der Waals surface area (Å²) in [4.78, 5) is 16.5. The van der Waals surface area contributed by atoms with Gasteiger partial charge in [0.15, 0.2) is 5.58 Å². The van der Waals surface area contributed by atoms with Crippen molar-refractivity contribution in [2.75, 3.05) is 45.2 Å². The predicted octanol–water partition coefficient (Wildman–Crippen LogP) is 2.19. The number of anilines is 1. The molecule has 1 aliphatic heterocycles. The van der Waals surface area contributed by atoms with Crippen molar-refractivity contribution >= 4 is 41.6 Å². The zero-order chi connectivity index (χ0) is 16.6. The number of halogens is 2. The van der Waals surface area contributed by atoms with Gasteiger partial charge in [-0.1, -0.05) is 0 Å². The second kappa shape index (κ2) is 8.45. The van der Waals surface area contributed by atoms with Crippen molar-refractivity contribution in [3.8, 4) is 0 Å². The van der Waals surface area contributed by atoms with Gasteiger partial charge in [0, 0.05) is 50.0 Å². The summed E-state index contributed by atoms with van der Waals surface area (Å²) in [7, 11) is 4.00. The molecule has 0 atom stereocenters. The molecule has 1 saturated heterocycles. The highest BCUT2D eigenvalue weighted by Gasteiger charge is 2.26. The molecule has 0 saturated carbocycles. The van der Waals surface area contributed by atoms with Crippen LogP contribution in [0.1, 0.15) is 13.8 Å². The Kier molecular flexibility index (Phi) is 7.38. The van der Waals surface area contributed by atoms with E-state index in [1.807, 2.05) is 26.2 Å². The summed E-state index contributed by atoms with van der Waals surface area (Å²) in [6.07, 6.45) is 0. The van der Waals surface area contributed by atoms with E-state index in [-0.39, 0.29) is 36.1 Å². The van der Waals surface area contributed by atoms with Crippen LogP contribution in [0.15, 0.2) is 27.4 Å². The molecule has 6 nitrogen and oxygen atoms in total. The fourth-order valence-electron chi connectivity index (χ4n) is 3.13. The van der Waals surface area contributed by atoms with Gasteiger partial charge in [0.2, 0.25) is 0 Å². The van der Waals surface area contributed by atoms with Gasteiger partial charge >= 0.3 is 5.76 Å². The van der Waals surface area contributed by atoms with Crippen LogP contribution in [-0.2, 0) is 6.54 Å². The largest absolute Gasteiger partial charge is 0.419 e. The molecular weight excluding hydrogens is 363 g/mol. The van der Waals surface area contributed by atoms with Gasteiger partial charge < -0.3 is 19.5 Å². The van der Waals surface area contributed by atoms with Gasteiger partial charge in [0.1, 0.15) is 0 Å². The topological polar surface area (TPSA) is 53.7 Å². The number of aromatic nitrogens is 1. The molecule has 0 unspecified atom stereocenters. The Morgan fingerprint density at radius 1 is 1.28 bits per heavy atom. The van der Waals surface area contributed by atoms with E-state index in [2.05, 4.69) is 35.0 Å². The SMILES string of the molecule is CN(C)CCn1c(=O)oc2cc(N3CCNC(C)(C)C3)ccc21.Cl.Cl. The van der Waals surface area contributed by atoms with Crippen molar-refractivity contribution in [3.63, 3.8) is 0 Å². The Morgan fingerprint density at radius 3 is 2.64 bits per heavy atom. The number of hydrogen-bond donors (Lipinski definition) is 1. The summed E-state index contributed by atoms with van der Waals surface area (Å²) < 4.78 is 7.17. The highest BCUT2D eigenvalue weighted by atomic mass is 35.5. The smallest absolute Gasteiger partial charge is 0.408 e. The Bertz CT molecular complexity index is 755. The number of fused-ring (bicyclic) bond motifs is 1. The number of rotatable bonds is 4. The summed E-state index contributed by atoms with van der Waals surface area (Å²) in [6, 6.07) is 6.08. The van der Waals surface area contributed by atoms with Crippen molar-refractivity contribution in [2.24, 2.45) is 0 Å². The molecule has 1 aromatic carbocycles. The number of nitrogens with zero attached hydrogens (tertiary/aromatic N) is 3. The molecule has 142 valence electrons. The van der Waals surface area contributed by atoms with E-state index in [9.17, 15) is 4.79 Å². The molecule has 0 radical (unpaired) electrons. The molecule has 8 heteroatoms. The lowest BCUT2D eigenvalue weighted by Crippen LogP contribution is -2.57. The van der Waals surface area contributed by atoms with E-state index in [0.717, 1.165) is 37.4 Å². The van der Waals surface area contributed by atoms with Gasteiger partial charge in [-0.15, -0.1) is 24.8 Å². The Balaban J connectivity index is 0.00000156.